The van der Waals surface area contributed by atoms with Crippen LogP contribution in [0.4, 0.5) is 5.69 Å². The average molecular weight is 424 g/mol. The molecule has 4 N–H and O–H groups in total. The van der Waals surface area contributed by atoms with Crippen LogP contribution in [-0.2, 0) is 6.54 Å². The van der Waals surface area contributed by atoms with E-state index in [0.717, 1.165) is 60.6 Å². The predicted molar refractivity (Wildman–Crippen MR) is 134 cm³/mol. The Morgan fingerprint density at radius 2 is 1.84 bits per heavy atom. The summed E-state index contributed by atoms with van der Waals surface area (Å²) in [5, 5.41) is 12.3. The summed E-state index contributed by atoms with van der Waals surface area (Å²) in [6.07, 6.45) is 4.27. The quantitative estimate of drug-likeness (QED) is 0.407. The van der Waals surface area contributed by atoms with E-state index in [0.29, 0.717) is 0 Å². The lowest BCUT2D eigenvalue weighted by atomic mass is 9.96. The van der Waals surface area contributed by atoms with E-state index in [9.17, 15) is 0 Å². The summed E-state index contributed by atoms with van der Waals surface area (Å²) in [6, 6.07) is 21.1. The van der Waals surface area contributed by atoms with Crippen molar-refractivity contribution >= 4 is 28.7 Å². The normalized spacial score (nSPS) is 15.0. The van der Waals surface area contributed by atoms with Crippen LogP contribution in [0.25, 0.3) is 34.2 Å². The van der Waals surface area contributed by atoms with Crippen LogP contribution in [0.1, 0.15) is 22.4 Å². The van der Waals surface area contributed by atoms with Crippen LogP contribution in [-0.4, -0.2) is 41.3 Å². The van der Waals surface area contributed by atoms with Crippen LogP contribution in [0.5, 0.6) is 0 Å². The number of nitrogens with zero attached hydrogens (tertiary/aromatic N) is 2. The van der Waals surface area contributed by atoms with E-state index < -0.39 is 0 Å². The summed E-state index contributed by atoms with van der Waals surface area (Å²) < 4.78 is 0. The molecular formula is C27H29N5. The molecule has 0 saturated carbocycles. The van der Waals surface area contributed by atoms with Gasteiger partial charge in [-0.3, -0.25) is 10.00 Å². The Hall–Kier alpha value is -3.41. The highest BCUT2D eigenvalue weighted by molar-refractivity contribution is 5.96. The Morgan fingerprint density at radius 1 is 1.00 bits per heavy atom. The van der Waals surface area contributed by atoms with Crippen LogP contribution in [0.3, 0.4) is 0 Å². The molecule has 4 aromatic rings. The molecule has 2 heterocycles. The first kappa shape index (κ1) is 20.5. The maximum absolute atomic E-state index is 6.02. The van der Waals surface area contributed by atoms with Gasteiger partial charge in [-0.25, -0.2) is 0 Å². The highest BCUT2D eigenvalue weighted by Gasteiger charge is 2.12. The zero-order chi connectivity index (χ0) is 21.9. The molecular weight excluding hydrogens is 394 g/mol. The molecule has 0 bridgehead atoms. The summed E-state index contributed by atoms with van der Waals surface area (Å²) in [5.74, 6) is 0. The number of nitrogen functional groups attached to an aromatic ring is 1. The van der Waals surface area contributed by atoms with Crippen molar-refractivity contribution in [1.82, 2.24) is 20.4 Å². The molecule has 0 amide bonds. The summed E-state index contributed by atoms with van der Waals surface area (Å²) in [4.78, 5) is 2.50. The molecule has 5 rings (SSSR count). The smallest absolute Gasteiger partial charge is 0.0930 e. The molecule has 1 fully saturated rings. The summed E-state index contributed by atoms with van der Waals surface area (Å²) in [7, 11) is 0. The van der Waals surface area contributed by atoms with Crippen molar-refractivity contribution in [2.75, 3.05) is 31.9 Å². The Kier molecular flexibility index (Phi) is 5.75. The van der Waals surface area contributed by atoms with Crippen LogP contribution in [0.2, 0.25) is 0 Å². The monoisotopic (exact) mass is 423 g/mol. The molecule has 0 spiro atoms. The molecule has 5 heteroatoms. The van der Waals surface area contributed by atoms with Crippen LogP contribution in [0.15, 0.2) is 60.7 Å². The lowest BCUT2D eigenvalue weighted by molar-refractivity contribution is 0.233. The summed E-state index contributed by atoms with van der Waals surface area (Å²) in [6.45, 7) is 7.51. The fourth-order valence-corrected chi connectivity index (χ4v) is 4.55. The molecule has 32 heavy (non-hydrogen) atoms. The minimum absolute atomic E-state index is 0.773. The SMILES string of the molecule is Cc1c(-c2cccc(N)c2)ccc2[nH]nc(/C=C/c3cccc(CN4CCNCC4)c3)c12. The fourth-order valence-electron chi connectivity index (χ4n) is 4.55. The Bertz CT molecular complexity index is 1260. The van der Waals surface area contributed by atoms with Gasteiger partial charge in [0.1, 0.15) is 0 Å². The van der Waals surface area contributed by atoms with Crippen LogP contribution >= 0.6 is 0 Å². The molecule has 3 aromatic carbocycles. The minimum atomic E-state index is 0.773. The first-order valence-corrected chi connectivity index (χ1v) is 11.2. The molecule has 1 aliphatic rings. The number of benzene rings is 3. The maximum atomic E-state index is 6.02. The number of nitrogens with one attached hydrogen (secondary N) is 2. The second-order valence-corrected chi connectivity index (χ2v) is 8.50. The molecule has 5 nitrogen and oxygen atoms in total. The third-order valence-corrected chi connectivity index (χ3v) is 6.22. The number of H-pyrrole nitrogens is 1. The molecule has 1 saturated heterocycles. The van der Waals surface area contributed by atoms with E-state index in [4.69, 9.17) is 5.73 Å². The van der Waals surface area contributed by atoms with Gasteiger partial charge >= 0.3 is 0 Å². The Balaban J connectivity index is 1.43. The van der Waals surface area contributed by atoms with Crippen LogP contribution < -0.4 is 11.1 Å². The molecule has 0 radical (unpaired) electrons. The number of hydrogen-bond acceptors (Lipinski definition) is 4. The molecule has 0 atom stereocenters. The van der Waals surface area contributed by atoms with Gasteiger partial charge in [-0.05, 0) is 59.0 Å². The van der Waals surface area contributed by atoms with Gasteiger partial charge in [0.05, 0.1) is 11.2 Å². The van der Waals surface area contributed by atoms with Gasteiger partial charge < -0.3 is 11.1 Å². The van der Waals surface area contributed by atoms with E-state index in [-0.39, 0.29) is 0 Å². The summed E-state index contributed by atoms with van der Waals surface area (Å²) in [5.41, 5.74) is 14.8. The number of fused-ring (bicyclic) bond motifs is 1. The second-order valence-electron chi connectivity index (χ2n) is 8.50. The Labute approximate surface area is 188 Å². The molecule has 1 aliphatic heterocycles. The van der Waals surface area contributed by atoms with Crippen molar-refractivity contribution in [2.45, 2.75) is 13.5 Å². The lowest BCUT2D eigenvalue weighted by Crippen LogP contribution is -2.42. The third kappa shape index (κ3) is 4.31. The zero-order valence-corrected chi connectivity index (χ0v) is 18.4. The number of aromatic amines is 1. The van der Waals surface area contributed by atoms with Gasteiger partial charge in [0.25, 0.3) is 0 Å². The van der Waals surface area contributed by atoms with Crippen molar-refractivity contribution < 1.29 is 0 Å². The largest absolute Gasteiger partial charge is 0.399 e. The van der Waals surface area contributed by atoms with E-state index in [2.05, 4.69) is 82.0 Å². The van der Waals surface area contributed by atoms with Gasteiger partial charge in [0.2, 0.25) is 0 Å². The van der Waals surface area contributed by atoms with E-state index in [1.807, 2.05) is 18.2 Å². The van der Waals surface area contributed by atoms with Gasteiger partial charge in [-0.1, -0.05) is 48.5 Å². The van der Waals surface area contributed by atoms with Gasteiger partial charge in [-0.15, -0.1) is 0 Å². The maximum Gasteiger partial charge on any atom is 0.0930 e. The number of aryl methyl sites for hydroxylation is 1. The number of hydrogen-bond donors (Lipinski definition) is 3. The number of aromatic nitrogens is 2. The summed E-state index contributed by atoms with van der Waals surface area (Å²) >= 11 is 0. The number of piperazine rings is 1. The molecule has 1 aromatic heterocycles. The molecule has 0 unspecified atom stereocenters. The van der Waals surface area contributed by atoms with Gasteiger partial charge in [-0.2, -0.15) is 5.10 Å². The highest BCUT2D eigenvalue weighted by Crippen LogP contribution is 2.32. The molecule has 0 aliphatic carbocycles. The topological polar surface area (TPSA) is 70.0 Å². The number of anilines is 1. The van der Waals surface area contributed by atoms with E-state index in [1.54, 1.807) is 0 Å². The van der Waals surface area contributed by atoms with Gasteiger partial charge in [0.15, 0.2) is 0 Å². The van der Waals surface area contributed by atoms with Crippen molar-refractivity contribution in [2.24, 2.45) is 0 Å². The van der Waals surface area contributed by atoms with Crippen LogP contribution in [0, 0.1) is 6.92 Å². The number of rotatable bonds is 5. The average Bonchev–Trinajstić information content (AvgIpc) is 3.23. The third-order valence-electron chi connectivity index (χ3n) is 6.22. The van der Waals surface area contributed by atoms with Gasteiger partial charge in [0, 0.05) is 43.8 Å². The van der Waals surface area contributed by atoms with Crippen molar-refractivity contribution in [3.8, 4) is 11.1 Å². The first-order valence-electron chi connectivity index (χ1n) is 11.2. The van der Waals surface area contributed by atoms with Crippen molar-refractivity contribution in [3.63, 3.8) is 0 Å². The second kappa shape index (κ2) is 8.99. The number of nitrogens with two attached hydrogens (primary N) is 1. The fraction of sp³-hybridized carbons (Fsp3) is 0.222. The lowest BCUT2D eigenvalue weighted by Gasteiger charge is -2.27. The first-order chi connectivity index (χ1) is 15.7. The standard InChI is InChI=1S/C27H29N5/c1-19-24(22-6-3-7-23(28)17-22)9-11-26-27(19)25(30-31-26)10-8-20-4-2-5-21(16-20)18-32-14-12-29-13-15-32/h2-11,16-17,29H,12-15,18,28H2,1H3,(H,30,31)/b10-8+. The molecule has 162 valence electrons. The van der Waals surface area contributed by atoms with E-state index >= 15 is 0 Å². The minimum Gasteiger partial charge on any atom is -0.399 e. The van der Waals surface area contributed by atoms with Crippen molar-refractivity contribution in [3.05, 3.63) is 83.0 Å². The highest BCUT2D eigenvalue weighted by atomic mass is 15.2. The predicted octanol–water partition coefficient (Wildman–Crippen LogP) is 4.70. The van der Waals surface area contributed by atoms with E-state index in [1.165, 1.54) is 22.3 Å². The van der Waals surface area contributed by atoms with Crippen molar-refractivity contribution in [1.29, 1.82) is 0 Å². The Morgan fingerprint density at radius 3 is 2.69 bits per heavy atom. The zero-order valence-electron chi connectivity index (χ0n) is 18.4.